The van der Waals surface area contributed by atoms with Gasteiger partial charge >= 0.3 is 5.97 Å². The first-order chi connectivity index (χ1) is 17.1. The molecule has 4 rings (SSSR count). The van der Waals surface area contributed by atoms with Gasteiger partial charge in [0.05, 0.1) is 23.1 Å². The van der Waals surface area contributed by atoms with E-state index in [9.17, 15) is 22.4 Å². The fourth-order valence-electron chi connectivity index (χ4n) is 4.05. The van der Waals surface area contributed by atoms with Gasteiger partial charge in [-0.2, -0.15) is 4.31 Å². The Morgan fingerprint density at radius 1 is 0.972 bits per heavy atom. The Kier molecular flexibility index (Phi) is 7.05. The molecule has 0 fully saturated rings. The number of ether oxygens (including phenoxy) is 1. The van der Waals surface area contributed by atoms with E-state index in [1.54, 1.807) is 6.07 Å². The molecule has 9 heteroatoms. The minimum Gasteiger partial charge on any atom is -0.465 e. The van der Waals surface area contributed by atoms with Gasteiger partial charge in [0.1, 0.15) is 5.82 Å². The third-order valence-electron chi connectivity index (χ3n) is 6.05. The Balaban J connectivity index is 1.85. The van der Waals surface area contributed by atoms with Crippen molar-refractivity contribution in [3.8, 4) is 0 Å². The maximum Gasteiger partial charge on any atom is 0.339 e. The summed E-state index contributed by atoms with van der Waals surface area (Å²) in [6.07, 6.45) is 0. The quantitative estimate of drug-likeness (QED) is 0.372. The number of H-pyrrole nitrogens is 1. The lowest BCUT2D eigenvalue weighted by molar-refractivity contribution is 0.0596. The Morgan fingerprint density at radius 2 is 1.64 bits per heavy atom. The van der Waals surface area contributed by atoms with Crippen molar-refractivity contribution in [1.29, 1.82) is 0 Å². The molecule has 3 aromatic carbocycles. The van der Waals surface area contributed by atoms with Crippen LogP contribution in [-0.4, -0.2) is 30.8 Å². The van der Waals surface area contributed by atoms with Gasteiger partial charge in [0, 0.05) is 24.0 Å². The number of sulfonamides is 1. The second kappa shape index (κ2) is 10.0. The average molecular weight is 509 g/mol. The van der Waals surface area contributed by atoms with Crippen LogP contribution in [0.3, 0.4) is 0 Å². The highest BCUT2D eigenvalue weighted by atomic mass is 32.2. The smallest absolute Gasteiger partial charge is 0.339 e. The molecule has 0 unspecified atom stereocenters. The standard InChI is InChI=1S/C27H25FN2O5S/c1-17-8-9-18(2)25-23(17)14-20(26(31)29-25)16-30(15-19-10-12-21(28)13-11-19)36(33,34)24-7-5-4-6-22(24)27(32)35-3/h4-14H,15-16H2,1-3H3,(H,29,31). The number of esters is 1. The highest BCUT2D eigenvalue weighted by Gasteiger charge is 2.30. The molecular weight excluding hydrogens is 483 g/mol. The molecule has 186 valence electrons. The molecule has 4 aromatic rings. The van der Waals surface area contributed by atoms with E-state index in [1.165, 1.54) is 55.6 Å². The molecule has 0 bridgehead atoms. The summed E-state index contributed by atoms with van der Waals surface area (Å²) in [7, 11) is -3.13. The van der Waals surface area contributed by atoms with Crippen LogP contribution in [0.15, 0.2) is 76.4 Å². The fraction of sp³-hybridized carbons (Fsp3) is 0.185. The van der Waals surface area contributed by atoms with Gasteiger partial charge in [0.25, 0.3) is 5.56 Å². The number of nitrogens with zero attached hydrogens (tertiary/aromatic N) is 1. The number of carbonyl (C=O) groups excluding carboxylic acids is 1. The van der Waals surface area contributed by atoms with Crippen LogP contribution in [0.1, 0.15) is 32.6 Å². The van der Waals surface area contributed by atoms with Gasteiger partial charge in [0.2, 0.25) is 10.0 Å². The van der Waals surface area contributed by atoms with Crippen molar-refractivity contribution in [2.24, 2.45) is 0 Å². The molecule has 36 heavy (non-hydrogen) atoms. The summed E-state index contributed by atoms with van der Waals surface area (Å²) < 4.78 is 47.1. The van der Waals surface area contributed by atoms with E-state index in [-0.39, 0.29) is 29.1 Å². The Bertz CT molecular complexity index is 1610. The second-order valence-corrected chi connectivity index (χ2v) is 10.4. The number of benzene rings is 3. The van der Waals surface area contributed by atoms with Crippen molar-refractivity contribution < 1.29 is 22.3 Å². The number of aromatic nitrogens is 1. The Morgan fingerprint density at radius 3 is 2.33 bits per heavy atom. The molecule has 0 aliphatic rings. The summed E-state index contributed by atoms with van der Waals surface area (Å²) in [5, 5.41) is 0.804. The molecule has 7 nitrogen and oxygen atoms in total. The first-order valence-electron chi connectivity index (χ1n) is 11.2. The van der Waals surface area contributed by atoms with E-state index >= 15 is 0 Å². The minimum absolute atomic E-state index is 0.122. The number of carbonyl (C=O) groups is 1. The summed E-state index contributed by atoms with van der Waals surface area (Å²) >= 11 is 0. The molecule has 0 saturated carbocycles. The molecule has 0 aliphatic heterocycles. The molecule has 0 amide bonds. The number of rotatable bonds is 7. The van der Waals surface area contributed by atoms with E-state index < -0.39 is 27.4 Å². The number of halogens is 1. The number of hydrogen-bond donors (Lipinski definition) is 1. The van der Waals surface area contributed by atoms with E-state index in [2.05, 4.69) is 4.98 Å². The van der Waals surface area contributed by atoms with Gasteiger partial charge in [-0.05, 0) is 60.9 Å². The third-order valence-corrected chi connectivity index (χ3v) is 7.90. The van der Waals surface area contributed by atoms with E-state index in [0.717, 1.165) is 20.8 Å². The molecule has 0 aliphatic carbocycles. The highest BCUT2D eigenvalue weighted by Crippen LogP contribution is 2.26. The minimum atomic E-state index is -4.30. The molecule has 0 radical (unpaired) electrons. The lowest BCUT2D eigenvalue weighted by atomic mass is 10.0. The molecule has 0 spiro atoms. The number of aromatic amines is 1. The summed E-state index contributed by atoms with van der Waals surface area (Å²) in [4.78, 5) is 28.0. The van der Waals surface area contributed by atoms with E-state index in [0.29, 0.717) is 11.1 Å². The third kappa shape index (κ3) is 4.93. The summed E-state index contributed by atoms with van der Waals surface area (Å²) in [6.45, 7) is 3.37. The van der Waals surface area contributed by atoms with Crippen molar-refractivity contribution in [2.45, 2.75) is 31.8 Å². The van der Waals surface area contributed by atoms with E-state index in [1.807, 2.05) is 26.0 Å². The van der Waals surface area contributed by atoms with Crippen LogP contribution in [0.4, 0.5) is 4.39 Å². The van der Waals surface area contributed by atoms with Crippen LogP contribution in [0, 0.1) is 19.7 Å². The highest BCUT2D eigenvalue weighted by molar-refractivity contribution is 7.89. The number of fused-ring (bicyclic) bond motifs is 1. The molecule has 0 atom stereocenters. The first kappa shape index (κ1) is 25.3. The van der Waals surface area contributed by atoms with Crippen molar-refractivity contribution >= 4 is 26.9 Å². The monoisotopic (exact) mass is 508 g/mol. The summed E-state index contributed by atoms with van der Waals surface area (Å²) in [5.41, 5.74) is 2.71. The molecule has 1 N–H and O–H groups in total. The van der Waals surface area contributed by atoms with Gasteiger partial charge in [-0.3, -0.25) is 4.79 Å². The molecule has 0 saturated heterocycles. The summed E-state index contributed by atoms with van der Waals surface area (Å²) in [6, 6.07) is 16.7. The zero-order valence-corrected chi connectivity index (χ0v) is 20.9. The van der Waals surface area contributed by atoms with Crippen LogP contribution in [0.5, 0.6) is 0 Å². The van der Waals surface area contributed by atoms with Gasteiger partial charge in [-0.15, -0.1) is 0 Å². The van der Waals surface area contributed by atoms with Gasteiger partial charge < -0.3 is 9.72 Å². The number of nitrogens with one attached hydrogen (secondary N) is 1. The predicted molar refractivity (Wildman–Crippen MR) is 135 cm³/mol. The second-order valence-electron chi connectivity index (χ2n) is 8.50. The molecular formula is C27H25FN2O5S. The number of aryl methyl sites for hydroxylation is 2. The Hall–Kier alpha value is -3.82. The van der Waals surface area contributed by atoms with Crippen LogP contribution in [0.2, 0.25) is 0 Å². The maximum absolute atomic E-state index is 13.9. The zero-order chi connectivity index (χ0) is 26.0. The van der Waals surface area contributed by atoms with E-state index in [4.69, 9.17) is 4.74 Å². The lowest BCUT2D eigenvalue weighted by Gasteiger charge is -2.23. The number of hydrogen-bond acceptors (Lipinski definition) is 5. The molecule has 1 heterocycles. The normalized spacial score (nSPS) is 11.7. The number of pyridine rings is 1. The van der Waals surface area contributed by atoms with Gasteiger partial charge in [-0.1, -0.05) is 36.4 Å². The zero-order valence-electron chi connectivity index (χ0n) is 20.0. The van der Waals surface area contributed by atoms with Gasteiger partial charge in [0.15, 0.2) is 0 Å². The molecule has 1 aromatic heterocycles. The predicted octanol–water partition coefficient (Wildman–Crippen LogP) is 4.46. The van der Waals surface area contributed by atoms with Gasteiger partial charge in [-0.25, -0.2) is 17.6 Å². The van der Waals surface area contributed by atoms with Crippen LogP contribution >= 0.6 is 0 Å². The largest absolute Gasteiger partial charge is 0.465 e. The maximum atomic E-state index is 13.9. The van der Waals surface area contributed by atoms with Crippen LogP contribution in [0.25, 0.3) is 10.9 Å². The SMILES string of the molecule is COC(=O)c1ccccc1S(=O)(=O)N(Cc1ccc(F)cc1)Cc1cc2c(C)ccc(C)c2[nH]c1=O. The Labute approximate surface area is 208 Å². The van der Waals surface area contributed by atoms with Crippen LogP contribution in [-0.2, 0) is 27.8 Å². The first-order valence-corrected chi connectivity index (χ1v) is 12.6. The topological polar surface area (TPSA) is 96.5 Å². The van der Waals surface area contributed by atoms with Crippen molar-refractivity contribution in [3.05, 3.63) is 111 Å². The average Bonchev–Trinajstić information content (AvgIpc) is 2.87. The van der Waals surface area contributed by atoms with Crippen molar-refractivity contribution in [3.63, 3.8) is 0 Å². The van der Waals surface area contributed by atoms with Crippen molar-refractivity contribution in [1.82, 2.24) is 9.29 Å². The van der Waals surface area contributed by atoms with Crippen molar-refractivity contribution in [2.75, 3.05) is 7.11 Å². The fourth-order valence-corrected chi connectivity index (χ4v) is 5.64. The number of methoxy groups -OCH3 is 1. The summed E-state index contributed by atoms with van der Waals surface area (Å²) in [5.74, 6) is -1.26. The lowest BCUT2D eigenvalue weighted by Crippen LogP contribution is -2.33. The van der Waals surface area contributed by atoms with Crippen LogP contribution < -0.4 is 5.56 Å².